The van der Waals surface area contributed by atoms with Crippen LogP contribution in [0.5, 0.6) is 0 Å². The Balaban J connectivity index is 2.43. The van der Waals surface area contributed by atoms with Gasteiger partial charge in [-0.2, -0.15) is 0 Å². The second-order valence-corrected chi connectivity index (χ2v) is 4.39. The molecule has 6 nitrogen and oxygen atoms in total. The first-order valence-electron chi connectivity index (χ1n) is 3.80. The molecule has 74 valence electrons. The number of aromatic nitrogens is 2. The highest BCUT2D eigenvalue weighted by Crippen LogP contribution is 1.89. The summed E-state index contributed by atoms with van der Waals surface area (Å²) in [4.78, 5) is 6.65. The van der Waals surface area contributed by atoms with Gasteiger partial charge in [0, 0.05) is 18.9 Å². The largest absolute Gasteiger partial charge is 0.347 e. The molecule has 7 heteroatoms. The molecule has 0 aromatic carbocycles. The van der Waals surface area contributed by atoms with Crippen molar-refractivity contribution in [1.29, 1.82) is 0 Å². The van der Waals surface area contributed by atoms with E-state index in [2.05, 4.69) is 14.7 Å². The number of aromatic amines is 1. The van der Waals surface area contributed by atoms with E-state index in [1.54, 1.807) is 12.4 Å². The van der Waals surface area contributed by atoms with Crippen molar-refractivity contribution in [2.75, 3.05) is 12.3 Å². The molecule has 4 N–H and O–H groups in total. The highest BCUT2D eigenvalue weighted by molar-refractivity contribution is 7.89. The van der Waals surface area contributed by atoms with Gasteiger partial charge in [-0.15, -0.1) is 0 Å². The zero-order chi connectivity index (χ0) is 9.73. The fourth-order valence-corrected chi connectivity index (χ4v) is 1.61. The monoisotopic (exact) mass is 204 g/mol. The van der Waals surface area contributed by atoms with Gasteiger partial charge < -0.3 is 10.7 Å². The molecule has 1 heterocycles. The zero-order valence-electron chi connectivity index (χ0n) is 7.03. The van der Waals surface area contributed by atoms with Crippen LogP contribution in [-0.2, 0) is 16.6 Å². The lowest BCUT2D eigenvalue weighted by Crippen LogP contribution is -2.29. The normalized spacial score (nSPS) is 11.8. The molecule has 0 bridgehead atoms. The van der Waals surface area contributed by atoms with Crippen LogP contribution in [0.3, 0.4) is 0 Å². The quantitative estimate of drug-likeness (QED) is 0.560. The molecule has 0 unspecified atom stereocenters. The first-order chi connectivity index (χ1) is 6.14. The van der Waals surface area contributed by atoms with E-state index < -0.39 is 10.0 Å². The van der Waals surface area contributed by atoms with Crippen LogP contribution in [0.25, 0.3) is 0 Å². The summed E-state index contributed by atoms with van der Waals surface area (Å²) >= 11 is 0. The first kappa shape index (κ1) is 10.2. The molecule has 0 aliphatic carbocycles. The number of nitrogens with one attached hydrogen (secondary N) is 2. The predicted molar refractivity (Wildman–Crippen MR) is 48.3 cm³/mol. The topological polar surface area (TPSA) is 101 Å². The van der Waals surface area contributed by atoms with Gasteiger partial charge in [-0.05, 0) is 0 Å². The number of nitrogens with two attached hydrogens (primary N) is 1. The molecule has 0 amide bonds. The van der Waals surface area contributed by atoms with E-state index in [4.69, 9.17) is 5.73 Å². The summed E-state index contributed by atoms with van der Waals surface area (Å²) in [5, 5.41) is 0. The number of hydrogen-bond donors (Lipinski definition) is 3. The van der Waals surface area contributed by atoms with E-state index >= 15 is 0 Å². The van der Waals surface area contributed by atoms with E-state index in [9.17, 15) is 8.42 Å². The number of imidazole rings is 1. The average Bonchev–Trinajstić information content (AvgIpc) is 2.52. The van der Waals surface area contributed by atoms with Gasteiger partial charge in [0.2, 0.25) is 10.0 Å². The SMILES string of the molecule is NCCS(=O)(=O)NCc1ncc[nH]1. The van der Waals surface area contributed by atoms with E-state index in [-0.39, 0.29) is 18.8 Å². The van der Waals surface area contributed by atoms with Crippen LogP contribution in [0.1, 0.15) is 5.82 Å². The summed E-state index contributed by atoms with van der Waals surface area (Å²) < 4.78 is 24.5. The number of H-pyrrole nitrogens is 1. The van der Waals surface area contributed by atoms with Crippen molar-refractivity contribution in [3.8, 4) is 0 Å². The number of rotatable bonds is 5. The van der Waals surface area contributed by atoms with Crippen LogP contribution < -0.4 is 10.5 Å². The minimum atomic E-state index is -3.24. The Morgan fingerprint density at radius 3 is 2.92 bits per heavy atom. The van der Waals surface area contributed by atoms with Gasteiger partial charge in [-0.25, -0.2) is 18.1 Å². The molecule has 0 saturated carbocycles. The van der Waals surface area contributed by atoms with Crippen LogP contribution in [0.4, 0.5) is 0 Å². The minimum Gasteiger partial charge on any atom is -0.347 e. The van der Waals surface area contributed by atoms with Crippen molar-refractivity contribution in [3.63, 3.8) is 0 Å². The van der Waals surface area contributed by atoms with Crippen molar-refractivity contribution in [1.82, 2.24) is 14.7 Å². The lowest BCUT2D eigenvalue weighted by atomic mass is 10.6. The number of hydrogen-bond acceptors (Lipinski definition) is 4. The van der Waals surface area contributed by atoms with E-state index in [1.165, 1.54) is 0 Å². The van der Waals surface area contributed by atoms with Crippen molar-refractivity contribution in [3.05, 3.63) is 18.2 Å². The third-order valence-corrected chi connectivity index (χ3v) is 2.76. The Kier molecular flexibility index (Phi) is 3.40. The molecule has 0 atom stereocenters. The van der Waals surface area contributed by atoms with E-state index in [0.717, 1.165) is 0 Å². The van der Waals surface area contributed by atoms with Gasteiger partial charge in [-0.1, -0.05) is 0 Å². The van der Waals surface area contributed by atoms with Gasteiger partial charge in [0.1, 0.15) is 5.82 Å². The summed E-state index contributed by atoms with van der Waals surface area (Å²) in [6.45, 7) is 0.294. The Hall–Kier alpha value is -0.920. The number of sulfonamides is 1. The van der Waals surface area contributed by atoms with E-state index in [0.29, 0.717) is 5.82 Å². The van der Waals surface area contributed by atoms with Crippen molar-refractivity contribution in [2.45, 2.75) is 6.54 Å². The molecule has 1 aromatic heterocycles. The Morgan fingerprint density at radius 1 is 1.62 bits per heavy atom. The third kappa shape index (κ3) is 3.53. The first-order valence-corrected chi connectivity index (χ1v) is 5.45. The van der Waals surface area contributed by atoms with Crippen molar-refractivity contribution in [2.24, 2.45) is 5.73 Å². The standard InChI is InChI=1S/C6H12N4O2S/c7-1-4-13(11,12)10-5-6-8-2-3-9-6/h2-3,10H,1,4-5,7H2,(H,8,9). The van der Waals surface area contributed by atoms with Gasteiger partial charge in [-0.3, -0.25) is 0 Å². The maximum atomic E-state index is 11.1. The molecular weight excluding hydrogens is 192 g/mol. The summed E-state index contributed by atoms with van der Waals surface area (Å²) in [5.74, 6) is 0.522. The second-order valence-electron chi connectivity index (χ2n) is 2.46. The van der Waals surface area contributed by atoms with Gasteiger partial charge >= 0.3 is 0 Å². The maximum Gasteiger partial charge on any atom is 0.213 e. The van der Waals surface area contributed by atoms with E-state index in [1.807, 2.05) is 0 Å². The minimum absolute atomic E-state index is 0.0618. The maximum absolute atomic E-state index is 11.1. The molecule has 0 aliphatic rings. The molecule has 0 fully saturated rings. The van der Waals surface area contributed by atoms with Crippen LogP contribution in [-0.4, -0.2) is 30.7 Å². The Morgan fingerprint density at radius 2 is 2.38 bits per heavy atom. The summed E-state index contributed by atoms with van der Waals surface area (Å²) in [5.41, 5.74) is 5.12. The molecule has 1 aromatic rings. The average molecular weight is 204 g/mol. The molecule has 0 saturated heterocycles. The summed E-state index contributed by atoms with van der Waals surface area (Å²) in [6.07, 6.45) is 3.19. The van der Waals surface area contributed by atoms with Gasteiger partial charge in [0.05, 0.1) is 12.3 Å². The zero-order valence-corrected chi connectivity index (χ0v) is 7.84. The van der Waals surface area contributed by atoms with Crippen LogP contribution in [0.15, 0.2) is 12.4 Å². The fraction of sp³-hybridized carbons (Fsp3) is 0.500. The lowest BCUT2D eigenvalue weighted by Gasteiger charge is -2.02. The molecule has 0 spiro atoms. The van der Waals surface area contributed by atoms with Gasteiger partial charge in [0.15, 0.2) is 0 Å². The second kappa shape index (κ2) is 4.35. The molecule has 13 heavy (non-hydrogen) atoms. The molecule has 1 rings (SSSR count). The third-order valence-electron chi connectivity index (χ3n) is 1.40. The Bertz CT molecular complexity index is 332. The molecular formula is C6H12N4O2S. The Labute approximate surface area is 76.6 Å². The molecule has 0 aliphatic heterocycles. The lowest BCUT2D eigenvalue weighted by molar-refractivity contribution is 0.579. The summed E-state index contributed by atoms with van der Waals surface area (Å²) in [7, 11) is -3.24. The number of nitrogens with zero attached hydrogens (tertiary/aromatic N) is 1. The summed E-state index contributed by atoms with van der Waals surface area (Å²) in [6, 6.07) is 0. The van der Waals surface area contributed by atoms with Crippen LogP contribution in [0, 0.1) is 0 Å². The predicted octanol–water partition coefficient (Wildman–Crippen LogP) is -1.21. The van der Waals surface area contributed by atoms with Crippen LogP contribution in [0.2, 0.25) is 0 Å². The van der Waals surface area contributed by atoms with Crippen LogP contribution >= 0.6 is 0 Å². The highest BCUT2D eigenvalue weighted by Gasteiger charge is 2.08. The fourth-order valence-electron chi connectivity index (χ4n) is 0.800. The van der Waals surface area contributed by atoms with Gasteiger partial charge in [0.25, 0.3) is 0 Å². The van der Waals surface area contributed by atoms with Crippen molar-refractivity contribution >= 4 is 10.0 Å². The smallest absolute Gasteiger partial charge is 0.213 e. The molecule has 0 radical (unpaired) electrons. The highest BCUT2D eigenvalue weighted by atomic mass is 32.2. The van der Waals surface area contributed by atoms with Crippen molar-refractivity contribution < 1.29 is 8.42 Å².